The van der Waals surface area contributed by atoms with Gasteiger partial charge in [0.1, 0.15) is 11.6 Å². The lowest BCUT2D eigenvalue weighted by Gasteiger charge is -2.14. The molecule has 0 spiro atoms. The van der Waals surface area contributed by atoms with Crippen LogP contribution in [0.5, 0.6) is 0 Å². The number of hydrogen-bond acceptors (Lipinski definition) is 8. The number of benzene rings is 1. The van der Waals surface area contributed by atoms with Gasteiger partial charge in [0.05, 0.1) is 15.5 Å². The number of nitro benzene ring substituents is 1. The number of fused-ring (bicyclic) bond motifs is 1. The fourth-order valence-corrected chi connectivity index (χ4v) is 3.57. The van der Waals surface area contributed by atoms with E-state index in [0.29, 0.717) is 4.88 Å². The smallest absolute Gasteiger partial charge is 0.278 e. The van der Waals surface area contributed by atoms with Crippen molar-refractivity contribution in [2.24, 2.45) is 11.1 Å². The number of hydrogen-bond donors (Lipinski definition) is 0. The van der Waals surface area contributed by atoms with E-state index in [1.807, 2.05) is 0 Å². The Hall–Kier alpha value is -3.40. The van der Waals surface area contributed by atoms with Gasteiger partial charge in [-0.15, -0.1) is 11.3 Å². The summed E-state index contributed by atoms with van der Waals surface area (Å²) in [6.07, 6.45) is -1.24. The molecule has 2 atom stereocenters. The summed E-state index contributed by atoms with van der Waals surface area (Å²) in [5.74, 6) is -3.04. The first-order valence-corrected chi connectivity index (χ1v) is 8.31. The molecule has 1 saturated heterocycles. The summed E-state index contributed by atoms with van der Waals surface area (Å²) >= 11 is 1.19. The molecule has 4 rings (SSSR count). The topological polar surface area (TPSA) is 119 Å². The van der Waals surface area contributed by atoms with Gasteiger partial charge < -0.3 is 4.84 Å². The minimum atomic E-state index is -1.24. The fourth-order valence-electron chi connectivity index (χ4n) is 2.90. The number of ketones is 1. The summed E-state index contributed by atoms with van der Waals surface area (Å²) in [6, 6.07) is 8.41. The van der Waals surface area contributed by atoms with Crippen molar-refractivity contribution >= 4 is 46.0 Å². The van der Waals surface area contributed by atoms with E-state index in [2.05, 4.69) is 5.16 Å². The SMILES string of the molecule is O=C(C1=NO[C@@H]2C(=O)N(c3cccc([N+](=O)[O-])c3)C(=O)[C@@H]12)c1cccs1. The Kier molecular flexibility index (Phi) is 3.62. The van der Waals surface area contributed by atoms with Crippen LogP contribution in [0.25, 0.3) is 0 Å². The summed E-state index contributed by atoms with van der Waals surface area (Å²) in [6.45, 7) is 0. The third-order valence-electron chi connectivity index (χ3n) is 4.09. The highest BCUT2D eigenvalue weighted by atomic mass is 32.1. The average Bonchev–Trinajstić information content (AvgIpc) is 3.34. The molecule has 1 fully saturated rings. The number of nitro groups is 1. The molecule has 2 aliphatic heterocycles. The van der Waals surface area contributed by atoms with Gasteiger partial charge in [-0.2, -0.15) is 0 Å². The van der Waals surface area contributed by atoms with Crippen LogP contribution in [0.3, 0.4) is 0 Å². The van der Waals surface area contributed by atoms with E-state index in [1.54, 1.807) is 17.5 Å². The van der Waals surface area contributed by atoms with Crippen LogP contribution in [0, 0.1) is 16.0 Å². The van der Waals surface area contributed by atoms with Gasteiger partial charge in [0.25, 0.3) is 11.6 Å². The van der Waals surface area contributed by atoms with Crippen molar-refractivity contribution in [1.82, 2.24) is 0 Å². The van der Waals surface area contributed by atoms with Crippen molar-refractivity contribution in [2.45, 2.75) is 6.10 Å². The lowest BCUT2D eigenvalue weighted by Crippen LogP contribution is -2.34. The van der Waals surface area contributed by atoms with Gasteiger partial charge in [0.15, 0.2) is 0 Å². The molecule has 3 heterocycles. The van der Waals surface area contributed by atoms with E-state index in [-0.39, 0.29) is 17.1 Å². The second-order valence-electron chi connectivity index (χ2n) is 5.58. The molecule has 0 radical (unpaired) electrons. The highest BCUT2D eigenvalue weighted by Gasteiger charge is 2.57. The first-order valence-electron chi connectivity index (χ1n) is 7.43. The Balaban J connectivity index is 1.68. The molecule has 1 aromatic heterocycles. The Morgan fingerprint density at radius 3 is 2.73 bits per heavy atom. The van der Waals surface area contributed by atoms with Crippen molar-refractivity contribution in [2.75, 3.05) is 4.90 Å². The summed E-state index contributed by atoms with van der Waals surface area (Å²) in [5, 5.41) is 16.3. The van der Waals surface area contributed by atoms with E-state index in [9.17, 15) is 24.5 Å². The van der Waals surface area contributed by atoms with Crippen LogP contribution < -0.4 is 4.90 Å². The quantitative estimate of drug-likeness (QED) is 0.350. The van der Waals surface area contributed by atoms with Gasteiger partial charge in [0.2, 0.25) is 17.8 Å². The van der Waals surface area contributed by atoms with Crippen LogP contribution in [0.15, 0.2) is 46.9 Å². The van der Waals surface area contributed by atoms with Gasteiger partial charge in [-0.3, -0.25) is 24.5 Å². The number of nitrogens with zero attached hydrogens (tertiary/aromatic N) is 3. The zero-order chi connectivity index (χ0) is 18.4. The number of carbonyl (C=O) groups is 3. The fraction of sp³-hybridized carbons (Fsp3) is 0.125. The summed E-state index contributed by atoms with van der Waals surface area (Å²) in [4.78, 5) is 54.4. The first-order chi connectivity index (χ1) is 12.5. The molecule has 0 unspecified atom stereocenters. The molecule has 2 aromatic rings. The summed E-state index contributed by atoms with van der Waals surface area (Å²) < 4.78 is 0. The maximum Gasteiger partial charge on any atom is 0.278 e. The molecule has 1 aromatic carbocycles. The lowest BCUT2D eigenvalue weighted by molar-refractivity contribution is -0.384. The molecule has 0 bridgehead atoms. The van der Waals surface area contributed by atoms with E-state index in [0.717, 1.165) is 11.0 Å². The van der Waals surface area contributed by atoms with E-state index in [4.69, 9.17) is 4.84 Å². The second-order valence-corrected chi connectivity index (χ2v) is 6.52. The van der Waals surface area contributed by atoms with Gasteiger partial charge in [0, 0.05) is 12.1 Å². The lowest BCUT2D eigenvalue weighted by atomic mass is 9.96. The number of thiophene rings is 1. The summed E-state index contributed by atoms with van der Waals surface area (Å²) in [5.41, 5.74) is -0.344. The largest absolute Gasteiger partial charge is 0.381 e. The molecule has 0 N–H and O–H groups in total. The Bertz CT molecular complexity index is 984. The van der Waals surface area contributed by atoms with Crippen LogP contribution in [0.1, 0.15) is 9.67 Å². The molecule has 26 heavy (non-hydrogen) atoms. The van der Waals surface area contributed by atoms with Crippen LogP contribution in [-0.4, -0.2) is 34.3 Å². The van der Waals surface area contributed by atoms with Gasteiger partial charge >= 0.3 is 0 Å². The van der Waals surface area contributed by atoms with Crippen LogP contribution in [0.4, 0.5) is 11.4 Å². The monoisotopic (exact) mass is 371 g/mol. The number of non-ortho nitro benzene ring substituents is 1. The van der Waals surface area contributed by atoms with Crippen molar-refractivity contribution < 1.29 is 24.1 Å². The number of rotatable bonds is 4. The number of anilines is 1. The predicted molar refractivity (Wildman–Crippen MR) is 90.0 cm³/mol. The van der Waals surface area contributed by atoms with Gasteiger partial charge in [-0.25, -0.2) is 4.90 Å². The maximum absolute atomic E-state index is 12.8. The van der Waals surface area contributed by atoms with Crippen LogP contribution in [-0.2, 0) is 14.4 Å². The highest BCUT2D eigenvalue weighted by molar-refractivity contribution is 7.13. The van der Waals surface area contributed by atoms with Crippen LogP contribution in [0.2, 0.25) is 0 Å². The second kappa shape index (κ2) is 5.85. The molecule has 0 aliphatic carbocycles. The van der Waals surface area contributed by atoms with E-state index < -0.39 is 34.5 Å². The Labute approximate surface area is 149 Å². The Morgan fingerprint density at radius 2 is 2.04 bits per heavy atom. The number of oxime groups is 1. The van der Waals surface area contributed by atoms with Crippen molar-refractivity contribution in [3.05, 3.63) is 56.8 Å². The molecule has 130 valence electrons. The van der Waals surface area contributed by atoms with Gasteiger partial charge in [-0.1, -0.05) is 17.3 Å². The summed E-state index contributed by atoms with van der Waals surface area (Å²) in [7, 11) is 0. The zero-order valence-electron chi connectivity index (χ0n) is 12.9. The third kappa shape index (κ3) is 2.30. The number of Topliss-reactive ketones (excluding diaryl/α,β-unsaturated/α-hetero) is 1. The number of imide groups is 1. The molecule has 10 heteroatoms. The highest BCUT2D eigenvalue weighted by Crippen LogP contribution is 2.35. The minimum Gasteiger partial charge on any atom is -0.381 e. The minimum absolute atomic E-state index is 0.0510. The van der Waals surface area contributed by atoms with E-state index >= 15 is 0 Å². The van der Waals surface area contributed by atoms with Crippen LogP contribution >= 0.6 is 11.3 Å². The predicted octanol–water partition coefficient (Wildman–Crippen LogP) is 1.78. The maximum atomic E-state index is 12.8. The third-order valence-corrected chi connectivity index (χ3v) is 4.96. The Morgan fingerprint density at radius 1 is 1.23 bits per heavy atom. The molecule has 2 amide bonds. The molecule has 2 aliphatic rings. The van der Waals surface area contributed by atoms with Crippen molar-refractivity contribution in [1.29, 1.82) is 0 Å². The van der Waals surface area contributed by atoms with Crippen molar-refractivity contribution in [3.63, 3.8) is 0 Å². The van der Waals surface area contributed by atoms with Gasteiger partial charge in [-0.05, 0) is 17.5 Å². The molecular weight excluding hydrogens is 362 g/mol. The normalized spacial score (nSPS) is 21.4. The molecule has 0 saturated carbocycles. The van der Waals surface area contributed by atoms with E-state index in [1.165, 1.54) is 29.5 Å². The number of amides is 2. The molecular formula is C16H9N3O6S. The molecule has 9 nitrogen and oxygen atoms in total. The van der Waals surface area contributed by atoms with Crippen molar-refractivity contribution in [3.8, 4) is 0 Å². The zero-order valence-corrected chi connectivity index (χ0v) is 13.7. The standard InChI is InChI=1S/C16H9N3O6S/c20-13(10-5-2-6-26-10)12-11-14(25-17-12)16(22)18(15(11)21)8-3-1-4-9(7-8)19(23)24/h1-7,11,14H/t11-,14-/m0/s1. The number of carbonyl (C=O) groups excluding carboxylic acids is 3. The average molecular weight is 371 g/mol. The first kappa shape index (κ1) is 16.1.